The number of carbonyl (C=O) groups is 1. The number of rotatable bonds is 5. The third-order valence-corrected chi connectivity index (χ3v) is 4.25. The first-order chi connectivity index (χ1) is 7.34. The van der Waals surface area contributed by atoms with Crippen LogP contribution in [0.2, 0.25) is 0 Å². The summed E-state index contributed by atoms with van der Waals surface area (Å²) in [6.45, 7) is 0. The number of carboxylic acids is 1. The van der Waals surface area contributed by atoms with Crippen LogP contribution in [0.1, 0.15) is 10.9 Å². The maximum absolute atomic E-state index is 11.5. The molecule has 1 unspecified atom stereocenters. The zero-order valence-corrected chi connectivity index (χ0v) is 10.4. The molecule has 90 valence electrons. The molecule has 0 saturated carbocycles. The van der Waals surface area contributed by atoms with Crippen molar-refractivity contribution in [2.24, 2.45) is 0 Å². The van der Waals surface area contributed by atoms with E-state index < -0.39 is 22.2 Å². The van der Waals surface area contributed by atoms with Gasteiger partial charge in [0.25, 0.3) is 10.2 Å². The van der Waals surface area contributed by atoms with E-state index in [9.17, 15) is 13.2 Å². The van der Waals surface area contributed by atoms with Crippen molar-refractivity contribution in [1.29, 1.82) is 0 Å². The van der Waals surface area contributed by atoms with Crippen LogP contribution in [0, 0.1) is 0 Å². The standard InChI is InChI=1S/C8H12N2O4S2/c1-10(2)16(13,14)9-7(8(11)12)6-4-3-5-15-6/h3-5,7,9H,1-2H3,(H,11,12). The second kappa shape index (κ2) is 4.91. The van der Waals surface area contributed by atoms with Crippen LogP contribution >= 0.6 is 11.3 Å². The molecule has 0 aliphatic carbocycles. The molecular formula is C8H12N2O4S2. The highest BCUT2D eigenvalue weighted by Gasteiger charge is 2.27. The number of hydrogen-bond acceptors (Lipinski definition) is 4. The Hall–Kier alpha value is -0.960. The van der Waals surface area contributed by atoms with Crippen LogP contribution in [0.15, 0.2) is 17.5 Å². The first-order valence-corrected chi connectivity index (χ1v) is 6.62. The van der Waals surface area contributed by atoms with Crippen LogP contribution in [0.25, 0.3) is 0 Å². The Balaban J connectivity index is 2.95. The van der Waals surface area contributed by atoms with Crippen LogP contribution in [-0.4, -0.2) is 37.9 Å². The maximum Gasteiger partial charge on any atom is 0.327 e. The van der Waals surface area contributed by atoms with Gasteiger partial charge in [-0.1, -0.05) is 6.07 Å². The van der Waals surface area contributed by atoms with Crippen molar-refractivity contribution in [3.63, 3.8) is 0 Å². The van der Waals surface area contributed by atoms with Crippen LogP contribution < -0.4 is 4.72 Å². The Kier molecular flexibility index (Phi) is 4.03. The minimum Gasteiger partial charge on any atom is -0.480 e. The molecule has 0 fully saturated rings. The van der Waals surface area contributed by atoms with Crippen LogP contribution in [-0.2, 0) is 15.0 Å². The fourth-order valence-corrected chi connectivity index (χ4v) is 2.52. The lowest BCUT2D eigenvalue weighted by atomic mass is 10.3. The van der Waals surface area contributed by atoms with Crippen molar-refractivity contribution in [3.05, 3.63) is 22.4 Å². The van der Waals surface area contributed by atoms with E-state index in [-0.39, 0.29) is 0 Å². The summed E-state index contributed by atoms with van der Waals surface area (Å²) in [5, 5.41) is 10.6. The number of carboxylic acid groups (broad SMARTS) is 1. The van der Waals surface area contributed by atoms with E-state index in [0.717, 1.165) is 4.31 Å². The number of thiophene rings is 1. The number of aliphatic carboxylic acids is 1. The van der Waals surface area contributed by atoms with Gasteiger partial charge in [0, 0.05) is 19.0 Å². The topological polar surface area (TPSA) is 86.7 Å². The summed E-state index contributed by atoms with van der Waals surface area (Å²) in [7, 11) is -1.10. The molecule has 0 bridgehead atoms. The Morgan fingerprint density at radius 1 is 1.56 bits per heavy atom. The van der Waals surface area contributed by atoms with Crippen LogP contribution in [0.5, 0.6) is 0 Å². The summed E-state index contributed by atoms with van der Waals surface area (Å²) in [5.74, 6) is -1.23. The van der Waals surface area contributed by atoms with E-state index in [4.69, 9.17) is 5.11 Å². The van der Waals surface area contributed by atoms with Crippen molar-refractivity contribution >= 4 is 27.5 Å². The van der Waals surface area contributed by atoms with Crippen molar-refractivity contribution in [2.75, 3.05) is 14.1 Å². The zero-order chi connectivity index (χ0) is 12.3. The van der Waals surface area contributed by atoms with E-state index in [0.29, 0.717) is 4.88 Å². The van der Waals surface area contributed by atoms with Gasteiger partial charge < -0.3 is 5.11 Å². The molecule has 8 heteroatoms. The van der Waals surface area contributed by atoms with Crippen molar-refractivity contribution in [3.8, 4) is 0 Å². The third kappa shape index (κ3) is 3.01. The van der Waals surface area contributed by atoms with Crippen molar-refractivity contribution < 1.29 is 18.3 Å². The summed E-state index contributed by atoms with van der Waals surface area (Å²) in [4.78, 5) is 11.4. The molecular weight excluding hydrogens is 252 g/mol. The Labute approximate surface area is 97.7 Å². The Bertz CT molecular complexity index is 452. The molecule has 6 nitrogen and oxygen atoms in total. The fraction of sp³-hybridized carbons (Fsp3) is 0.375. The van der Waals surface area contributed by atoms with Gasteiger partial charge in [-0.2, -0.15) is 17.4 Å². The molecule has 0 aliphatic rings. The minimum absolute atomic E-state index is 0.443. The summed E-state index contributed by atoms with van der Waals surface area (Å²) in [5.41, 5.74) is 0. The van der Waals surface area contributed by atoms with Gasteiger partial charge in [0.05, 0.1) is 0 Å². The predicted molar refractivity (Wildman–Crippen MR) is 60.4 cm³/mol. The molecule has 0 saturated heterocycles. The lowest BCUT2D eigenvalue weighted by molar-refractivity contribution is -0.139. The van der Waals surface area contributed by atoms with E-state index in [1.54, 1.807) is 17.5 Å². The molecule has 0 amide bonds. The van der Waals surface area contributed by atoms with Gasteiger partial charge in [-0.3, -0.25) is 4.79 Å². The number of hydrogen-bond donors (Lipinski definition) is 2. The predicted octanol–water partition coefficient (Wildman–Crippen LogP) is 0.270. The SMILES string of the molecule is CN(C)S(=O)(=O)NC(C(=O)O)c1cccs1. The zero-order valence-electron chi connectivity index (χ0n) is 8.75. The molecule has 16 heavy (non-hydrogen) atoms. The van der Waals surface area contributed by atoms with Crippen LogP contribution in [0.4, 0.5) is 0 Å². The van der Waals surface area contributed by atoms with E-state index >= 15 is 0 Å². The van der Waals surface area contributed by atoms with Crippen molar-refractivity contribution in [2.45, 2.75) is 6.04 Å². The minimum atomic E-state index is -3.76. The lowest BCUT2D eigenvalue weighted by Gasteiger charge is -2.16. The molecule has 0 aromatic carbocycles. The normalized spacial score (nSPS) is 13.9. The summed E-state index contributed by atoms with van der Waals surface area (Å²) >= 11 is 1.19. The average Bonchev–Trinajstić information content (AvgIpc) is 2.66. The number of nitrogens with one attached hydrogen (secondary N) is 1. The monoisotopic (exact) mass is 264 g/mol. The maximum atomic E-state index is 11.5. The average molecular weight is 264 g/mol. The first-order valence-electron chi connectivity index (χ1n) is 4.30. The second-order valence-corrected chi connectivity index (χ2v) is 6.09. The molecule has 0 spiro atoms. The van der Waals surface area contributed by atoms with Gasteiger partial charge in [-0.05, 0) is 11.4 Å². The number of nitrogens with zero attached hydrogens (tertiary/aromatic N) is 1. The highest BCUT2D eigenvalue weighted by atomic mass is 32.2. The quantitative estimate of drug-likeness (QED) is 0.799. The molecule has 1 atom stereocenters. The molecule has 0 radical (unpaired) electrons. The molecule has 1 heterocycles. The van der Waals surface area contributed by atoms with Gasteiger partial charge in [0.1, 0.15) is 0 Å². The lowest BCUT2D eigenvalue weighted by Crippen LogP contribution is -2.40. The van der Waals surface area contributed by atoms with Gasteiger partial charge in [-0.15, -0.1) is 11.3 Å². The van der Waals surface area contributed by atoms with E-state index in [1.165, 1.54) is 25.4 Å². The molecule has 1 rings (SSSR count). The third-order valence-electron chi connectivity index (χ3n) is 1.82. The van der Waals surface area contributed by atoms with Gasteiger partial charge in [0.15, 0.2) is 6.04 Å². The van der Waals surface area contributed by atoms with E-state index in [1.807, 2.05) is 0 Å². The Morgan fingerprint density at radius 2 is 2.19 bits per heavy atom. The summed E-state index contributed by atoms with van der Waals surface area (Å²) < 4.78 is 26.0. The molecule has 0 aliphatic heterocycles. The molecule has 2 N–H and O–H groups in total. The van der Waals surface area contributed by atoms with E-state index in [2.05, 4.69) is 4.72 Å². The Morgan fingerprint density at radius 3 is 2.56 bits per heavy atom. The highest BCUT2D eigenvalue weighted by Crippen LogP contribution is 2.20. The van der Waals surface area contributed by atoms with Gasteiger partial charge >= 0.3 is 5.97 Å². The van der Waals surface area contributed by atoms with Gasteiger partial charge in [-0.25, -0.2) is 0 Å². The molecule has 1 aromatic rings. The van der Waals surface area contributed by atoms with Crippen molar-refractivity contribution in [1.82, 2.24) is 9.03 Å². The molecule has 1 aromatic heterocycles. The summed E-state index contributed by atoms with van der Waals surface area (Å²) in [6, 6.07) is 1.99. The second-order valence-electron chi connectivity index (χ2n) is 3.19. The first kappa shape index (κ1) is 13.1. The van der Waals surface area contributed by atoms with Gasteiger partial charge in [0.2, 0.25) is 0 Å². The summed E-state index contributed by atoms with van der Waals surface area (Å²) in [6.07, 6.45) is 0. The highest BCUT2D eigenvalue weighted by molar-refractivity contribution is 7.87. The van der Waals surface area contributed by atoms with Crippen LogP contribution in [0.3, 0.4) is 0 Å². The fourth-order valence-electron chi connectivity index (χ4n) is 0.940. The smallest absolute Gasteiger partial charge is 0.327 e. The largest absolute Gasteiger partial charge is 0.480 e.